The zero-order valence-electron chi connectivity index (χ0n) is 70.4. The fraction of sp³-hybridized carbons (Fsp3) is 0.0882. The summed E-state index contributed by atoms with van der Waals surface area (Å²) in [6, 6.07) is 99.3. The Bertz CT molecular complexity index is 6950. The molecule has 19 aromatic rings. The second kappa shape index (κ2) is 48.2. The van der Waals surface area contributed by atoms with Crippen molar-refractivity contribution < 1.29 is 118 Å². The molecule has 10 aromatic heterocycles. The quantitative estimate of drug-likeness (QED) is 0.0816. The molecule has 0 bridgehead atoms. The molecular formula is C102H75F2Ir5N17O4-10. The van der Waals surface area contributed by atoms with Gasteiger partial charge >= 0.3 is 11.3 Å². The number of hydrogen-bond donors (Lipinski definition) is 0. The fourth-order valence-electron chi connectivity index (χ4n) is 13.4. The number of hydrogen-bond acceptors (Lipinski definition) is 19. The molecule has 0 aliphatic carbocycles. The molecule has 12 heterocycles. The molecule has 0 N–H and O–H groups in total. The third kappa shape index (κ3) is 25.6. The molecule has 21 rings (SSSR count). The molecule has 9 aromatic carbocycles. The summed E-state index contributed by atoms with van der Waals surface area (Å²) >= 11 is 0. The third-order valence-electron chi connectivity index (χ3n) is 19.1. The van der Waals surface area contributed by atoms with Gasteiger partial charge in [0.15, 0.2) is 0 Å². The van der Waals surface area contributed by atoms with Crippen LogP contribution in [0.15, 0.2) is 323 Å². The van der Waals surface area contributed by atoms with Gasteiger partial charge in [0.2, 0.25) is 0 Å². The molecule has 0 spiro atoms. The normalized spacial score (nSPS) is 11.3. The summed E-state index contributed by atoms with van der Waals surface area (Å²) in [6.07, 6.45) is 19.2. The van der Waals surface area contributed by atoms with Gasteiger partial charge < -0.3 is 57.9 Å². The Labute approximate surface area is 817 Å². The fourth-order valence-corrected chi connectivity index (χ4v) is 13.4. The SMILES string of the molecule is CN1C=CN(c2[c-]cc(C#N)cc2)[CH-]1.CN1C=CN(c2[c-]cc(C#N)cc2)[CH-]1.Cc1cccc(C)c1-c1cnc2c3[c-]cccc3c3cc(CC(C)(C)C)ccc3n12.Fc1c[c-]c(-c2ccccn2)c(F)c1.O=c1oc2ccc[c-]c2c2ncccc12.O=c1oc2ccc[c-]c2c2ncccc12.[Ir].[Ir].[Ir].[Ir].[Ir].[c-]1ccccc1-c1ccccn1.c1ccc(-c2nnn[n-]2)nc1. The van der Waals surface area contributed by atoms with E-state index in [0.29, 0.717) is 61.3 Å². The Hall–Kier alpha value is -13.3. The Morgan fingerprint density at radius 1 is 0.485 bits per heavy atom. The van der Waals surface area contributed by atoms with Crippen LogP contribution >= 0.6 is 0 Å². The van der Waals surface area contributed by atoms with Crippen LogP contribution in [0.2, 0.25) is 0 Å². The van der Waals surface area contributed by atoms with Crippen molar-refractivity contribution in [3.8, 4) is 57.4 Å². The molecule has 0 atom stereocenters. The van der Waals surface area contributed by atoms with Crippen molar-refractivity contribution in [2.75, 3.05) is 23.9 Å². The van der Waals surface area contributed by atoms with Gasteiger partial charge in [-0.15, -0.1) is 150 Å². The van der Waals surface area contributed by atoms with E-state index < -0.39 is 11.6 Å². The largest absolute Gasteiger partial charge is 0.510 e. The Kier molecular flexibility index (Phi) is 37.3. The second-order valence-corrected chi connectivity index (χ2v) is 29.3. The van der Waals surface area contributed by atoms with Crippen LogP contribution in [0.25, 0.3) is 116 Å². The summed E-state index contributed by atoms with van der Waals surface area (Å²) in [5, 5.41) is 37.3. The number of imidazole rings is 1. The van der Waals surface area contributed by atoms with E-state index in [-0.39, 0.29) is 123 Å². The summed E-state index contributed by atoms with van der Waals surface area (Å²) in [5.41, 5.74) is 16.8. The van der Waals surface area contributed by atoms with Crippen molar-refractivity contribution in [1.82, 2.24) is 64.7 Å². The Morgan fingerprint density at radius 3 is 1.48 bits per heavy atom. The van der Waals surface area contributed by atoms with Crippen molar-refractivity contribution in [1.29, 1.82) is 10.5 Å². The van der Waals surface area contributed by atoms with E-state index in [1.807, 2.05) is 151 Å². The number of benzene rings is 9. The van der Waals surface area contributed by atoms with Crippen molar-refractivity contribution in [2.24, 2.45) is 5.41 Å². The van der Waals surface area contributed by atoms with Crippen LogP contribution in [0, 0.1) is 109 Å². The number of nitrogens with zero attached hydrogens (tertiary/aromatic N) is 17. The number of nitriles is 2. The standard InChI is InChI=1S/C28H27N2.2C12H6NO2.C11H6F2N.2C11H9N3.C11H8N.C6H4N5.5Ir/c1-18-9-8-10-19(2)26(18)25-17-29-27-22-12-7-6-11-21(22)23-15-20(16-28(3,4)5)13-14-24(23)30(25)27;2*14-12-9-5-3-7-13-11(9)8-4-1-2-6-10(8)15-12;12-8-4-5-9(10(13)7-8)11-3-1-2-6-14-11;2*1-13-6-7-14(9-13)11-4-2-10(8-12)3-5-11;1-2-6-10(7-3-1)11-8-4-5-9-12-11;1-2-4-7-5(3-1)6-8-10-11-9-6;;;;;/h6-11,13-15,17H,16H2,1-5H3;2*1-3,5-7H;1-4,6-7H;2*2-4,6-7,9H,1H3;1-6,8-9H;1-4H;;;;;/q4*-1;2*-2;2*-1;;;;;. The van der Waals surface area contributed by atoms with Crippen LogP contribution in [0.1, 0.15) is 48.6 Å². The number of halogens is 2. The minimum Gasteiger partial charge on any atom is -0.510 e. The van der Waals surface area contributed by atoms with Gasteiger partial charge in [0, 0.05) is 206 Å². The van der Waals surface area contributed by atoms with E-state index in [9.17, 15) is 18.4 Å². The van der Waals surface area contributed by atoms with Gasteiger partial charge in [0.05, 0.1) is 22.9 Å². The summed E-state index contributed by atoms with van der Waals surface area (Å²) in [4.78, 5) is 56.3. The van der Waals surface area contributed by atoms with Crippen LogP contribution in [-0.2, 0) is 107 Å². The number of aryl methyl sites for hydroxylation is 2. The number of pyridine rings is 6. The average molecular weight is 2600 g/mol. The third-order valence-corrected chi connectivity index (χ3v) is 19.1. The first-order chi connectivity index (χ1) is 60.8. The number of anilines is 2. The molecule has 21 nitrogen and oxygen atoms in total. The monoisotopic (exact) mass is 2600 g/mol. The molecule has 0 unspecified atom stereocenters. The predicted octanol–water partition coefficient (Wildman–Crippen LogP) is 20.3. The van der Waals surface area contributed by atoms with Crippen LogP contribution in [-0.4, -0.2) is 73.7 Å². The minimum absolute atomic E-state index is 0. The molecule has 0 fully saturated rings. The predicted molar refractivity (Wildman–Crippen MR) is 481 cm³/mol. The maximum absolute atomic E-state index is 13.2. The van der Waals surface area contributed by atoms with Crippen molar-refractivity contribution in [3.63, 3.8) is 0 Å². The number of rotatable bonds is 7. The summed E-state index contributed by atoms with van der Waals surface area (Å²) in [5.74, 6) is -0.823. The van der Waals surface area contributed by atoms with E-state index in [4.69, 9.17) is 24.3 Å². The van der Waals surface area contributed by atoms with Crippen LogP contribution in [0.5, 0.6) is 0 Å². The molecule has 2 aliphatic heterocycles. The molecule has 2 aliphatic rings. The summed E-state index contributed by atoms with van der Waals surface area (Å²) in [6.45, 7) is 15.1. The van der Waals surface area contributed by atoms with E-state index in [2.05, 4.69) is 188 Å². The average Bonchev–Trinajstić information content (AvgIpc) is 1.55. The first kappa shape index (κ1) is 100. The van der Waals surface area contributed by atoms with E-state index in [1.165, 1.54) is 38.5 Å². The first-order valence-electron chi connectivity index (χ1n) is 39.2. The first-order valence-corrected chi connectivity index (χ1v) is 39.2. The number of fused-ring (bicyclic) bond motifs is 12. The maximum atomic E-state index is 13.2. The van der Waals surface area contributed by atoms with Gasteiger partial charge in [0.25, 0.3) is 0 Å². The molecule has 28 heteroatoms. The maximum Gasteiger partial charge on any atom is 0.327 e. The van der Waals surface area contributed by atoms with E-state index >= 15 is 0 Å². The van der Waals surface area contributed by atoms with Gasteiger partial charge in [-0.25, -0.2) is 20.1 Å². The molecule has 130 heavy (non-hydrogen) atoms. The molecule has 0 amide bonds. The van der Waals surface area contributed by atoms with Gasteiger partial charge in [0.1, 0.15) is 0 Å². The van der Waals surface area contributed by atoms with Crippen LogP contribution in [0.3, 0.4) is 0 Å². The molecule has 0 saturated heterocycles. The van der Waals surface area contributed by atoms with Crippen molar-refractivity contribution in [3.05, 3.63) is 421 Å². The zero-order chi connectivity index (χ0) is 87.2. The van der Waals surface area contributed by atoms with Gasteiger partial charge in [-0.1, -0.05) is 132 Å². The molecule has 5 radical (unpaired) electrons. The van der Waals surface area contributed by atoms with Crippen molar-refractivity contribution in [2.45, 2.75) is 41.0 Å². The second-order valence-electron chi connectivity index (χ2n) is 29.3. The number of tetrazole rings is 1. The van der Waals surface area contributed by atoms with Crippen LogP contribution < -0.4 is 26.1 Å². The van der Waals surface area contributed by atoms with Gasteiger partial charge in [-0.05, 0) is 141 Å². The van der Waals surface area contributed by atoms with Gasteiger partial charge in [-0.3, -0.25) is 29.1 Å². The number of aromatic nitrogens is 11. The van der Waals surface area contributed by atoms with Crippen molar-refractivity contribution >= 4 is 82.4 Å². The smallest absolute Gasteiger partial charge is 0.327 e. The Morgan fingerprint density at radius 2 is 1.00 bits per heavy atom. The molecular weight excluding hydrogens is 2530 g/mol. The molecule has 0 saturated carbocycles. The summed E-state index contributed by atoms with van der Waals surface area (Å²) in [7, 11) is 3.92. The van der Waals surface area contributed by atoms with Crippen LogP contribution in [0.4, 0.5) is 20.2 Å². The summed E-state index contributed by atoms with van der Waals surface area (Å²) < 4.78 is 38.4. The zero-order valence-corrected chi connectivity index (χ0v) is 82.4. The minimum atomic E-state index is -0.649. The Balaban J connectivity index is 0.000000170. The van der Waals surface area contributed by atoms with Gasteiger partial charge in [-0.2, -0.15) is 54.9 Å². The van der Waals surface area contributed by atoms with E-state index in [1.54, 1.807) is 140 Å². The molecule has 661 valence electrons. The topological polar surface area (TPSA) is 255 Å². The van der Waals surface area contributed by atoms with E-state index in [0.717, 1.165) is 68.7 Å².